The summed E-state index contributed by atoms with van der Waals surface area (Å²) in [5, 5.41) is 0. The lowest BCUT2D eigenvalue weighted by Gasteiger charge is -2.40. The van der Waals surface area contributed by atoms with Crippen molar-refractivity contribution in [2.75, 3.05) is 24.5 Å². The number of carbonyl (C=O) groups excluding carboxylic acids is 1. The summed E-state index contributed by atoms with van der Waals surface area (Å²) in [4.78, 5) is 23.6. The number of carbonyl (C=O) groups is 1. The summed E-state index contributed by atoms with van der Waals surface area (Å²) >= 11 is 0. The number of nitrogens with one attached hydrogen (secondary N) is 1. The van der Waals surface area contributed by atoms with Gasteiger partial charge >= 0.3 is 0 Å². The van der Waals surface area contributed by atoms with Gasteiger partial charge in [0.25, 0.3) is 0 Å². The minimum atomic E-state index is -0.240. The molecule has 2 heterocycles. The van der Waals surface area contributed by atoms with E-state index in [1.165, 1.54) is 12.1 Å². The van der Waals surface area contributed by atoms with Gasteiger partial charge in [0.15, 0.2) is 0 Å². The van der Waals surface area contributed by atoms with E-state index in [1.807, 2.05) is 24.8 Å². The van der Waals surface area contributed by atoms with Gasteiger partial charge in [-0.3, -0.25) is 4.79 Å². The Morgan fingerprint density at radius 2 is 2.25 bits per heavy atom. The number of aromatic nitrogens is 2. The van der Waals surface area contributed by atoms with Gasteiger partial charge in [-0.2, -0.15) is 0 Å². The van der Waals surface area contributed by atoms with E-state index >= 15 is 0 Å². The van der Waals surface area contributed by atoms with Crippen LogP contribution in [0.5, 0.6) is 0 Å². The van der Waals surface area contributed by atoms with Gasteiger partial charge < -0.3 is 14.8 Å². The summed E-state index contributed by atoms with van der Waals surface area (Å²) in [7, 11) is 0. The first-order chi connectivity index (χ1) is 11.5. The highest BCUT2D eigenvalue weighted by Gasteiger charge is 2.26. The van der Waals surface area contributed by atoms with Crippen LogP contribution in [-0.2, 0) is 4.79 Å². The molecule has 5 nitrogen and oxygen atoms in total. The third-order valence-corrected chi connectivity index (χ3v) is 4.19. The molecule has 6 heteroatoms. The Bertz CT molecular complexity index is 755. The second-order valence-corrected chi connectivity index (χ2v) is 6.09. The molecule has 0 saturated carbocycles. The maximum Gasteiger partial charge on any atom is 0.247 e. The molecule has 1 atom stereocenters. The molecule has 1 amide bonds. The number of nitrogens with zero attached hydrogens (tertiary/aromatic N) is 3. The zero-order valence-corrected chi connectivity index (χ0v) is 13.9. The molecule has 0 bridgehead atoms. The predicted octanol–water partition coefficient (Wildman–Crippen LogP) is 2.61. The van der Waals surface area contributed by atoms with Crippen LogP contribution in [-0.4, -0.2) is 46.5 Å². The van der Waals surface area contributed by atoms with Crippen LogP contribution >= 0.6 is 0 Å². The molecule has 24 heavy (non-hydrogen) atoms. The Morgan fingerprint density at radius 1 is 1.42 bits per heavy atom. The van der Waals surface area contributed by atoms with Gasteiger partial charge in [0.1, 0.15) is 11.6 Å². The van der Waals surface area contributed by atoms with E-state index in [4.69, 9.17) is 0 Å². The number of imidazole rings is 1. The quantitative estimate of drug-likeness (QED) is 0.881. The molecular weight excluding hydrogens is 307 g/mol. The number of halogens is 1. The van der Waals surface area contributed by atoms with Gasteiger partial charge in [0, 0.05) is 49.3 Å². The molecule has 1 aliphatic rings. The summed E-state index contributed by atoms with van der Waals surface area (Å²) in [6, 6.07) is 6.63. The van der Waals surface area contributed by atoms with Crippen LogP contribution in [0.25, 0.3) is 6.08 Å². The van der Waals surface area contributed by atoms with Crippen molar-refractivity contribution in [2.45, 2.75) is 19.9 Å². The number of anilines is 1. The number of hydrogen-bond donors (Lipinski definition) is 1. The number of aromatic amines is 1. The zero-order valence-electron chi connectivity index (χ0n) is 13.9. The van der Waals surface area contributed by atoms with Crippen LogP contribution in [0.15, 0.2) is 36.5 Å². The monoisotopic (exact) mass is 328 g/mol. The second-order valence-electron chi connectivity index (χ2n) is 6.09. The van der Waals surface area contributed by atoms with Crippen LogP contribution in [0.3, 0.4) is 0 Å². The number of amides is 1. The first-order valence-corrected chi connectivity index (χ1v) is 8.04. The average molecular weight is 328 g/mol. The fraction of sp³-hybridized carbons (Fsp3) is 0.333. The molecule has 1 aliphatic heterocycles. The molecule has 0 spiro atoms. The van der Waals surface area contributed by atoms with Crippen LogP contribution in [0.2, 0.25) is 0 Å². The van der Waals surface area contributed by atoms with E-state index in [-0.39, 0.29) is 17.8 Å². The minimum absolute atomic E-state index is 0.0320. The van der Waals surface area contributed by atoms with Crippen LogP contribution < -0.4 is 4.90 Å². The lowest BCUT2D eigenvalue weighted by molar-refractivity contribution is -0.128. The fourth-order valence-electron chi connectivity index (χ4n) is 2.96. The van der Waals surface area contributed by atoms with E-state index < -0.39 is 0 Å². The van der Waals surface area contributed by atoms with Crippen LogP contribution in [0, 0.1) is 12.7 Å². The summed E-state index contributed by atoms with van der Waals surface area (Å²) in [6.45, 7) is 5.91. The van der Waals surface area contributed by atoms with Crippen molar-refractivity contribution in [3.63, 3.8) is 0 Å². The normalized spacial score (nSPS) is 18.4. The third-order valence-electron chi connectivity index (χ3n) is 4.19. The van der Waals surface area contributed by atoms with Crippen molar-refractivity contribution in [1.82, 2.24) is 14.9 Å². The van der Waals surface area contributed by atoms with Crippen LogP contribution in [0.4, 0.5) is 10.1 Å². The van der Waals surface area contributed by atoms with Gasteiger partial charge in [-0.25, -0.2) is 9.37 Å². The number of aryl methyl sites for hydroxylation is 1. The lowest BCUT2D eigenvalue weighted by atomic mass is 10.1. The SMILES string of the molecule is Cc1cnc(/C=C/C(=O)N2CCN(c3cccc(F)c3)CC2C)[nH]1. The van der Waals surface area contributed by atoms with E-state index in [9.17, 15) is 9.18 Å². The van der Waals surface area contributed by atoms with Crippen molar-refractivity contribution in [2.24, 2.45) is 0 Å². The van der Waals surface area contributed by atoms with Gasteiger partial charge in [0.2, 0.25) is 5.91 Å². The first-order valence-electron chi connectivity index (χ1n) is 8.04. The molecule has 0 aliphatic carbocycles. The maximum atomic E-state index is 13.4. The highest BCUT2D eigenvalue weighted by atomic mass is 19.1. The third kappa shape index (κ3) is 3.64. The molecule has 1 N–H and O–H groups in total. The van der Waals surface area contributed by atoms with E-state index in [2.05, 4.69) is 14.9 Å². The number of piperazine rings is 1. The molecule has 0 radical (unpaired) electrons. The van der Waals surface area contributed by atoms with Gasteiger partial charge in [-0.15, -0.1) is 0 Å². The van der Waals surface area contributed by atoms with Gasteiger partial charge in [-0.1, -0.05) is 6.07 Å². The Labute approximate surface area is 140 Å². The van der Waals surface area contributed by atoms with E-state index in [0.29, 0.717) is 25.5 Å². The molecule has 1 unspecified atom stereocenters. The molecule has 1 fully saturated rings. The molecule has 126 valence electrons. The van der Waals surface area contributed by atoms with Gasteiger partial charge in [-0.05, 0) is 38.1 Å². The molecular formula is C18H21FN4O. The molecule has 1 saturated heterocycles. The molecule has 1 aromatic heterocycles. The highest BCUT2D eigenvalue weighted by molar-refractivity contribution is 5.91. The lowest BCUT2D eigenvalue weighted by Crippen LogP contribution is -2.53. The summed E-state index contributed by atoms with van der Waals surface area (Å²) in [5.41, 5.74) is 1.81. The summed E-state index contributed by atoms with van der Waals surface area (Å²) in [6.07, 6.45) is 4.97. The largest absolute Gasteiger partial charge is 0.368 e. The van der Waals surface area contributed by atoms with Crippen molar-refractivity contribution < 1.29 is 9.18 Å². The number of rotatable bonds is 3. The summed E-state index contributed by atoms with van der Waals surface area (Å²) < 4.78 is 13.4. The highest BCUT2D eigenvalue weighted by Crippen LogP contribution is 2.20. The molecule has 1 aromatic carbocycles. The molecule has 2 aromatic rings. The second kappa shape index (κ2) is 6.86. The zero-order chi connectivity index (χ0) is 17.1. The van der Waals surface area contributed by atoms with Crippen molar-refractivity contribution in [1.29, 1.82) is 0 Å². The first kappa shape index (κ1) is 16.2. The Hall–Kier alpha value is -2.63. The number of H-pyrrole nitrogens is 1. The Morgan fingerprint density at radius 3 is 2.92 bits per heavy atom. The Kier molecular flexibility index (Phi) is 4.64. The van der Waals surface area contributed by atoms with E-state index in [1.54, 1.807) is 24.4 Å². The topological polar surface area (TPSA) is 52.2 Å². The number of benzene rings is 1. The average Bonchev–Trinajstić information content (AvgIpc) is 2.98. The fourth-order valence-corrected chi connectivity index (χ4v) is 2.96. The standard InChI is InChI=1S/C18H21FN4O/c1-13-11-20-17(21-13)6-7-18(24)23-9-8-22(12-14(23)2)16-5-3-4-15(19)10-16/h3-7,10-11,14H,8-9,12H2,1-2H3,(H,20,21)/b7-6+. The summed E-state index contributed by atoms with van der Waals surface area (Å²) in [5.74, 6) is 0.401. The maximum absolute atomic E-state index is 13.4. The smallest absolute Gasteiger partial charge is 0.247 e. The van der Waals surface area contributed by atoms with E-state index in [0.717, 1.165) is 11.4 Å². The molecule has 3 rings (SSSR count). The minimum Gasteiger partial charge on any atom is -0.368 e. The Balaban J connectivity index is 1.63. The van der Waals surface area contributed by atoms with Crippen molar-refractivity contribution in [3.8, 4) is 0 Å². The van der Waals surface area contributed by atoms with Crippen LogP contribution in [0.1, 0.15) is 18.4 Å². The predicted molar refractivity (Wildman–Crippen MR) is 92.1 cm³/mol. The van der Waals surface area contributed by atoms with Gasteiger partial charge in [0.05, 0.1) is 0 Å². The number of hydrogen-bond acceptors (Lipinski definition) is 3. The van der Waals surface area contributed by atoms with Crippen molar-refractivity contribution >= 4 is 17.7 Å². The van der Waals surface area contributed by atoms with Crippen molar-refractivity contribution in [3.05, 3.63) is 53.9 Å².